The monoisotopic (exact) mass is 922 g/mol. The van der Waals surface area contributed by atoms with Crippen LogP contribution in [-0.4, -0.2) is 37.0 Å². The fraction of sp³-hybridized carbons (Fsp3) is 0.0312. The summed E-state index contributed by atoms with van der Waals surface area (Å²) in [7, 11) is 0. The van der Waals surface area contributed by atoms with Crippen molar-refractivity contribution in [2.45, 2.75) is 13.3 Å². The summed E-state index contributed by atoms with van der Waals surface area (Å²) in [6.07, 6.45) is 0.708. The average molecular weight is 923 g/mol. The van der Waals surface area contributed by atoms with E-state index in [0.29, 0.717) is 6.42 Å². The highest BCUT2D eigenvalue weighted by atomic mass is 15.2. The molecule has 0 radical (unpaired) electrons. The number of imidazole rings is 4. The van der Waals surface area contributed by atoms with Crippen LogP contribution in [0.4, 0.5) is 0 Å². The summed E-state index contributed by atoms with van der Waals surface area (Å²) >= 11 is 0. The highest BCUT2D eigenvalue weighted by Gasteiger charge is 2.26. The van der Waals surface area contributed by atoms with E-state index in [-0.39, 0.29) is 0 Å². The molecule has 8 heteroatoms. The molecule has 0 bridgehead atoms. The van der Waals surface area contributed by atoms with Gasteiger partial charge in [-0.25, -0.2) is 9.97 Å². The summed E-state index contributed by atoms with van der Waals surface area (Å²) in [5.41, 5.74) is 21.3. The maximum absolute atomic E-state index is 5.60. The maximum Gasteiger partial charge on any atom is 0.220 e. The van der Waals surface area contributed by atoms with Gasteiger partial charge in [-0.3, -0.25) is 17.9 Å². The minimum Gasteiger partial charge on any atom is -0.309 e. The van der Waals surface area contributed by atoms with Gasteiger partial charge in [0.05, 0.1) is 66.2 Å². The fourth-order valence-electron chi connectivity index (χ4n) is 12.1. The Kier molecular flexibility index (Phi) is 8.00. The molecule has 10 aromatic carbocycles. The number of para-hydroxylation sites is 9. The lowest BCUT2D eigenvalue weighted by atomic mass is 9.98. The fourth-order valence-corrected chi connectivity index (χ4v) is 12.1. The van der Waals surface area contributed by atoms with Crippen molar-refractivity contribution in [3.05, 3.63) is 241 Å². The van der Waals surface area contributed by atoms with Crippen molar-refractivity contribution in [2.24, 2.45) is 0 Å². The van der Waals surface area contributed by atoms with Gasteiger partial charge in [0.25, 0.3) is 0 Å². The molecule has 0 spiro atoms. The number of aryl methyl sites for hydroxylation is 1. The van der Waals surface area contributed by atoms with Crippen LogP contribution in [0.3, 0.4) is 0 Å². The van der Waals surface area contributed by atoms with Gasteiger partial charge in [0, 0.05) is 44.3 Å². The molecule has 0 fully saturated rings. The number of hydrogen-bond donors (Lipinski definition) is 0. The van der Waals surface area contributed by atoms with Crippen molar-refractivity contribution in [1.82, 2.24) is 37.0 Å². The topological polar surface area (TPSA) is 54.3 Å². The minimum atomic E-state index is 0.708. The lowest BCUT2D eigenvalue weighted by molar-refractivity contribution is 1.11. The molecule has 0 saturated carbocycles. The van der Waals surface area contributed by atoms with E-state index in [1.807, 2.05) is 0 Å². The third kappa shape index (κ3) is 5.40. The first-order chi connectivity index (χ1) is 35.6. The van der Waals surface area contributed by atoms with Crippen molar-refractivity contribution >= 4 is 99.3 Å². The maximum atomic E-state index is 5.60. The molecule has 16 aromatic rings. The van der Waals surface area contributed by atoms with Crippen LogP contribution in [0.2, 0.25) is 0 Å². The molecule has 16 rings (SSSR count). The number of nitrogens with zero attached hydrogens (tertiary/aromatic N) is 8. The van der Waals surface area contributed by atoms with Crippen molar-refractivity contribution in [1.29, 1.82) is 0 Å². The van der Waals surface area contributed by atoms with Gasteiger partial charge in [0.2, 0.25) is 11.6 Å². The van der Waals surface area contributed by atoms with Gasteiger partial charge in [-0.05, 0) is 139 Å². The molecule has 0 saturated heterocycles. The molecule has 6 heterocycles. The number of benzene rings is 10. The zero-order chi connectivity index (χ0) is 47.2. The second kappa shape index (κ2) is 14.7. The van der Waals surface area contributed by atoms with Gasteiger partial charge in [0.15, 0.2) is 0 Å². The Morgan fingerprint density at radius 2 is 0.889 bits per heavy atom. The number of aromatic nitrogens is 8. The molecule has 0 aliphatic carbocycles. The van der Waals surface area contributed by atoms with Gasteiger partial charge < -0.3 is 9.13 Å². The molecule has 0 aliphatic rings. The van der Waals surface area contributed by atoms with Gasteiger partial charge >= 0.3 is 0 Å². The van der Waals surface area contributed by atoms with Crippen LogP contribution in [0, 0.1) is 6.92 Å². The average Bonchev–Trinajstić information content (AvgIpc) is 4.26. The van der Waals surface area contributed by atoms with Crippen LogP contribution >= 0.6 is 0 Å². The summed E-state index contributed by atoms with van der Waals surface area (Å²) in [4.78, 5) is 10.8. The Morgan fingerprint density at radius 1 is 0.333 bits per heavy atom. The second-order valence-corrected chi connectivity index (χ2v) is 19.2. The molecule has 6 aromatic heterocycles. The Labute approximate surface area is 411 Å². The lowest BCUT2D eigenvalue weighted by Crippen LogP contribution is -1.99. The van der Waals surface area contributed by atoms with Crippen LogP contribution in [0.1, 0.15) is 16.7 Å². The zero-order valence-corrected chi connectivity index (χ0v) is 39.1. The van der Waals surface area contributed by atoms with Crippen molar-refractivity contribution in [3.63, 3.8) is 0 Å². The molecule has 0 atom stereocenters. The molecule has 0 amide bonds. The van der Waals surface area contributed by atoms with Crippen LogP contribution in [0.5, 0.6) is 0 Å². The normalized spacial score (nSPS) is 12.3. The third-order valence-corrected chi connectivity index (χ3v) is 15.0. The van der Waals surface area contributed by atoms with E-state index >= 15 is 0 Å². The highest BCUT2D eigenvalue weighted by Crippen LogP contribution is 2.43. The largest absolute Gasteiger partial charge is 0.309 e. The smallest absolute Gasteiger partial charge is 0.220 e. The van der Waals surface area contributed by atoms with Gasteiger partial charge in [-0.15, -0.1) is 0 Å². The Hall–Kier alpha value is -9.66. The van der Waals surface area contributed by atoms with Crippen molar-refractivity contribution < 1.29 is 0 Å². The highest BCUT2D eigenvalue weighted by molar-refractivity contribution is 6.20. The molecule has 0 unspecified atom stereocenters. The summed E-state index contributed by atoms with van der Waals surface area (Å²) in [5, 5.41) is 4.86. The van der Waals surface area contributed by atoms with Crippen LogP contribution in [-0.2, 0) is 6.42 Å². The second-order valence-electron chi connectivity index (χ2n) is 19.2. The molecule has 0 N–H and O–H groups in total. The molecule has 0 aliphatic heterocycles. The lowest BCUT2D eigenvalue weighted by Gasteiger charge is -2.13. The van der Waals surface area contributed by atoms with E-state index in [1.54, 1.807) is 0 Å². The van der Waals surface area contributed by atoms with Gasteiger partial charge in [-0.2, -0.15) is 0 Å². The quantitative estimate of drug-likeness (QED) is 0.167. The summed E-state index contributed by atoms with van der Waals surface area (Å²) in [5.74, 6) is 1.79. The van der Waals surface area contributed by atoms with Gasteiger partial charge in [0.1, 0.15) is 0 Å². The van der Waals surface area contributed by atoms with Crippen molar-refractivity contribution in [2.75, 3.05) is 0 Å². The third-order valence-electron chi connectivity index (χ3n) is 15.0. The number of fused-ring (bicyclic) bond motifs is 17. The molecular weight excluding hydrogens is 881 g/mol. The van der Waals surface area contributed by atoms with E-state index in [0.717, 1.165) is 95.0 Å². The standard InChI is InChI=1S/C64H42N8/c1-40-17-15-21-44(35-40)68-53-27-9-6-24-48(53)60-42(38-51-61(62(60)68)72-59-32-14-12-30-57(59)69(64(72)66-51)43-19-3-2-4-20-43)36-41-18-16-22-45(37-41)67-52-26-8-5-23-47(52)49-39-46(33-34-54(49)67)70-56-29-11-13-31-58(56)71-55-28-10-7-25-50(55)65-63(70)71/h2-35,37-39H,36H2,1H3. The number of hydrogen-bond acceptors (Lipinski definition) is 2. The van der Waals surface area contributed by atoms with Crippen LogP contribution in [0.25, 0.3) is 122 Å². The van der Waals surface area contributed by atoms with Crippen molar-refractivity contribution in [3.8, 4) is 22.7 Å². The van der Waals surface area contributed by atoms with Crippen LogP contribution in [0.15, 0.2) is 224 Å². The molecule has 8 nitrogen and oxygen atoms in total. The molecule has 338 valence electrons. The van der Waals surface area contributed by atoms with E-state index in [1.165, 1.54) is 43.8 Å². The first-order valence-corrected chi connectivity index (χ1v) is 24.6. The Bertz CT molecular complexity index is 4920. The van der Waals surface area contributed by atoms with E-state index < -0.39 is 0 Å². The van der Waals surface area contributed by atoms with Gasteiger partial charge in [-0.1, -0.05) is 115 Å². The zero-order valence-electron chi connectivity index (χ0n) is 39.1. The SMILES string of the molecule is Cc1cccc(-n2c3ccccc3c3c(Cc4cccc(-n5c6ccccc6c6cc(-n7c8ccccc8n8c9ccccc9nc78)ccc65)c4)cc4nc5n(-c6ccccc6)c6ccccc6n5c4c32)c1. The summed E-state index contributed by atoms with van der Waals surface area (Å²) < 4.78 is 14.2. The predicted molar refractivity (Wildman–Crippen MR) is 295 cm³/mol. The summed E-state index contributed by atoms with van der Waals surface area (Å²) in [6.45, 7) is 2.18. The minimum absolute atomic E-state index is 0.708. The molecular formula is C64H42N8. The molecule has 72 heavy (non-hydrogen) atoms. The van der Waals surface area contributed by atoms with E-state index in [9.17, 15) is 0 Å². The first kappa shape index (κ1) is 39.2. The Balaban J connectivity index is 0.909. The predicted octanol–water partition coefficient (Wildman–Crippen LogP) is 15.3. The number of rotatable bonds is 6. The van der Waals surface area contributed by atoms with E-state index in [4.69, 9.17) is 9.97 Å². The summed E-state index contributed by atoms with van der Waals surface area (Å²) in [6, 6.07) is 81.3. The first-order valence-electron chi connectivity index (χ1n) is 24.6. The van der Waals surface area contributed by atoms with E-state index in [2.05, 4.69) is 258 Å². The van der Waals surface area contributed by atoms with Crippen LogP contribution < -0.4 is 0 Å². The Morgan fingerprint density at radius 3 is 1.67 bits per heavy atom.